The number of carbonyl (C=O) groups excluding carboxylic acids is 1. The first-order valence-corrected chi connectivity index (χ1v) is 8.43. The van der Waals surface area contributed by atoms with Crippen LogP contribution in [-0.2, 0) is 0 Å². The van der Waals surface area contributed by atoms with Crippen molar-refractivity contribution >= 4 is 29.4 Å². The number of amides is 1. The Balaban J connectivity index is 2.14. The van der Waals surface area contributed by atoms with Gasteiger partial charge in [0.1, 0.15) is 5.69 Å². The van der Waals surface area contributed by atoms with Gasteiger partial charge in [0, 0.05) is 29.4 Å². The number of hydrogen-bond donors (Lipinski definition) is 0. The van der Waals surface area contributed by atoms with E-state index in [-0.39, 0.29) is 5.91 Å². The van der Waals surface area contributed by atoms with Gasteiger partial charge in [0.2, 0.25) is 0 Å². The molecule has 0 radical (unpaired) electrons. The molecule has 1 fully saturated rings. The second-order valence-electron chi connectivity index (χ2n) is 4.18. The summed E-state index contributed by atoms with van der Waals surface area (Å²) in [6, 6.07) is 3.87. The van der Waals surface area contributed by atoms with Crippen molar-refractivity contribution in [3.63, 3.8) is 0 Å². The molecule has 2 heterocycles. The maximum Gasteiger partial charge on any atom is 0.273 e. The summed E-state index contributed by atoms with van der Waals surface area (Å²) in [6.07, 6.45) is 4.91. The third-order valence-corrected chi connectivity index (χ3v) is 5.02. The van der Waals surface area contributed by atoms with Crippen LogP contribution in [0.25, 0.3) is 0 Å². The van der Waals surface area contributed by atoms with Crippen LogP contribution in [0.3, 0.4) is 0 Å². The Bertz CT molecular complexity index is 425. The van der Waals surface area contributed by atoms with Crippen molar-refractivity contribution in [1.29, 1.82) is 0 Å². The highest BCUT2D eigenvalue weighted by Gasteiger charge is 2.28. The van der Waals surface area contributed by atoms with Crippen molar-refractivity contribution in [3.8, 4) is 0 Å². The lowest BCUT2D eigenvalue weighted by atomic mass is 10.3. The molecule has 18 heavy (non-hydrogen) atoms. The number of likely N-dealkylation sites (tertiary alicyclic amines) is 1. The summed E-state index contributed by atoms with van der Waals surface area (Å²) >= 11 is 3.52. The van der Waals surface area contributed by atoms with Gasteiger partial charge in [-0.05, 0) is 30.6 Å². The van der Waals surface area contributed by atoms with E-state index in [1.54, 1.807) is 18.0 Å². The van der Waals surface area contributed by atoms with Crippen molar-refractivity contribution < 1.29 is 4.79 Å². The zero-order chi connectivity index (χ0) is 13.0. The van der Waals surface area contributed by atoms with Gasteiger partial charge in [-0.2, -0.15) is 11.8 Å². The molecule has 1 aliphatic rings. The van der Waals surface area contributed by atoms with Gasteiger partial charge < -0.3 is 4.90 Å². The topological polar surface area (TPSA) is 33.2 Å². The molecule has 1 amide bonds. The number of rotatable bonds is 4. The van der Waals surface area contributed by atoms with E-state index in [0.717, 1.165) is 30.2 Å². The van der Waals surface area contributed by atoms with Crippen LogP contribution in [0.15, 0.2) is 23.2 Å². The van der Waals surface area contributed by atoms with Crippen LogP contribution in [-0.4, -0.2) is 46.1 Å². The molecule has 5 heteroatoms. The lowest BCUT2D eigenvalue weighted by Gasteiger charge is -2.17. The zero-order valence-corrected chi connectivity index (χ0v) is 12.4. The molecule has 0 bridgehead atoms. The molecule has 2 rings (SSSR count). The molecule has 1 aliphatic heterocycles. The quantitative estimate of drug-likeness (QED) is 0.795. The largest absolute Gasteiger partial charge is 0.336 e. The number of nitrogens with zero attached hydrogens (tertiary/aromatic N) is 2. The normalized spacial score (nSPS) is 19.2. The van der Waals surface area contributed by atoms with Gasteiger partial charge in [-0.3, -0.25) is 4.79 Å². The summed E-state index contributed by atoms with van der Waals surface area (Å²) < 4.78 is 0. The van der Waals surface area contributed by atoms with E-state index in [1.807, 2.05) is 28.8 Å². The number of hydrogen-bond acceptors (Lipinski definition) is 4. The van der Waals surface area contributed by atoms with E-state index in [0.29, 0.717) is 10.9 Å². The fourth-order valence-electron chi connectivity index (χ4n) is 2.08. The van der Waals surface area contributed by atoms with Crippen LogP contribution < -0.4 is 0 Å². The van der Waals surface area contributed by atoms with Crippen molar-refractivity contribution in [2.45, 2.75) is 23.5 Å². The molecular weight excluding hydrogens is 264 g/mol. The first kappa shape index (κ1) is 13.7. The van der Waals surface area contributed by atoms with E-state index in [4.69, 9.17) is 0 Å². The molecule has 0 aromatic carbocycles. The summed E-state index contributed by atoms with van der Waals surface area (Å²) in [4.78, 5) is 19.7. The van der Waals surface area contributed by atoms with Gasteiger partial charge in [-0.15, -0.1) is 11.8 Å². The van der Waals surface area contributed by atoms with Gasteiger partial charge in [0.25, 0.3) is 5.91 Å². The molecule has 0 aliphatic carbocycles. The molecule has 0 saturated carbocycles. The van der Waals surface area contributed by atoms with E-state index in [1.165, 1.54) is 0 Å². The summed E-state index contributed by atoms with van der Waals surface area (Å²) in [5.41, 5.74) is 0.617. The maximum atomic E-state index is 12.4. The third-order valence-electron chi connectivity index (χ3n) is 3.04. The Morgan fingerprint density at radius 3 is 3.11 bits per heavy atom. The number of thioether (sulfide) groups is 2. The second-order valence-corrected chi connectivity index (χ2v) is 6.62. The third kappa shape index (κ3) is 3.01. The monoisotopic (exact) mass is 282 g/mol. The average Bonchev–Trinajstić information content (AvgIpc) is 2.88. The molecule has 3 nitrogen and oxygen atoms in total. The summed E-state index contributed by atoms with van der Waals surface area (Å²) in [5, 5.41) is 0.583. The van der Waals surface area contributed by atoms with Gasteiger partial charge in [0.05, 0.1) is 0 Å². The Labute approximate surface area is 117 Å². The Morgan fingerprint density at radius 2 is 2.44 bits per heavy atom. The van der Waals surface area contributed by atoms with E-state index < -0.39 is 0 Å². The molecular formula is C13H18N2OS2. The van der Waals surface area contributed by atoms with Gasteiger partial charge >= 0.3 is 0 Å². The molecule has 1 aromatic rings. The molecule has 1 aromatic heterocycles. The van der Waals surface area contributed by atoms with Crippen molar-refractivity contribution in [1.82, 2.24) is 9.88 Å². The fourth-order valence-corrected chi connectivity index (χ4v) is 3.51. The van der Waals surface area contributed by atoms with Crippen molar-refractivity contribution in [2.24, 2.45) is 0 Å². The minimum atomic E-state index is 0.0862. The highest BCUT2D eigenvalue weighted by Crippen LogP contribution is 2.25. The van der Waals surface area contributed by atoms with E-state index in [2.05, 4.69) is 18.2 Å². The Morgan fingerprint density at radius 1 is 1.61 bits per heavy atom. The minimum Gasteiger partial charge on any atom is -0.336 e. The molecule has 1 atom stereocenters. The number of aromatic nitrogens is 1. The predicted molar refractivity (Wildman–Crippen MR) is 78.5 cm³/mol. The standard InChI is InChI=1S/C13H18N2OS2/c1-3-18-11-5-4-7-14-12(11)13(16)15-8-6-10(9-15)17-2/h4-5,7,10H,3,6,8-9H2,1-2H3. The fraction of sp³-hybridized carbons (Fsp3) is 0.538. The van der Waals surface area contributed by atoms with Gasteiger partial charge in [-0.25, -0.2) is 4.98 Å². The lowest BCUT2D eigenvalue weighted by Crippen LogP contribution is -2.30. The number of pyridine rings is 1. The van der Waals surface area contributed by atoms with E-state index >= 15 is 0 Å². The lowest BCUT2D eigenvalue weighted by molar-refractivity contribution is 0.0784. The highest BCUT2D eigenvalue weighted by molar-refractivity contribution is 7.99. The first-order valence-electron chi connectivity index (χ1n) is 6.16. The average molecular weight is 282 g/mol. The van der Waals surface area contributed by atoms with Crippen LogP contribution in [0.2, 0.25) is 0 Å². The zero-order valence-electron chi connectivity index (χ0n) is 10.8. The SMILES string of the molecule is CCSc1cccnc1C(=O)N1CCC(SC)C1. The minimum absolute atomic E-state index is 0.0862. The predicted octanol–water partition coefficient (Wildman–Crippen LogP) is 2.77. The molecule has 1 unspecified atom stereocenters. The van der Waals surface area contributed by atoms with Crippen LogP contribution in [0.1, 0.15) is 23.8 Å². The molecule has 98 valence electrons. The summed E-state index contributed by atoms with van der Waals surface area (Å²) in [6.45, 7) is 3.80. The second kappa shape index (κ2) is 6.48. The van der Waals surface area contributed by atoms with Gasteiger partial charge in [0.15, 0.2) is 0 Å². The molecule has 1 saturated heterocycles. The van der Waals surface area contributed by atoms with Crippen LogP contribution in [0.5, 0.6) is 0 Å². The first-order chi connectivity index (χ1) is 8.76. The van der Waals surface area contributed by atoms with E-state index in [9.17, 15) is 4.79 Å². The summed E-state index contributed by atoms with van der Waals surface area (Å²) in [5.74, 6) is 1.04. The highest BCUT2D eigenvalue weighted by atomic mass is 32.2. The maximum absolute atomic E-state index is 12.4. The van der Waals surface area contributed by atoms with Gasteiger partial charge in [-0.1, -0.05) is 6.92 Å². The van der Waals surface area contributed by atoms with Crippen molar-refractivity contribution in [3.05, 3.63) is 24.0 Å². The van der Waals surface area contributed by atoms with Crippen molar-refractivity contribution in [2.75, 3.05) is 25.1 Å². The Kier molecular flexibility index (Phi) is 4.95. The molecule has 0 spiro atoms. The Hall–Kier alpha value is -0.680. The van der Waals surface area contributed by atoms with Crippen LogP contribution >= 0.6 is 23.5 Å². The summed E-state index contributed by atoms with van der Waals surface area (Å²) in [7, 11) is 0. The smallest absolute Gasteiger partial charge is 0.273 e. The van der Waals surface area contributed by atoms with Crippen LogP contribution in [0.4, 0.5) is 0 Å². The number of carbonyl (C=O) groups is 1. The molecule has 0 N–H and O–H groups in total. The van der Waals surface area contributed by atoms with Crippen LogP contribution in [0, 0.1) is 0 Å².